The summed E-state index contributed by atoms with van der Waals surface area (Å²) >= 11 is 0. The molecule has 388 valence electrons. The summed E-state index contributed by atoms with van der Waals surface area (Å²) in [6, 6.07) is 31.1. The average Bonchev–Trinajstić information content (AvgIpc) is 4.15. The Morgan fingerprint density at radius 3 is 1.96 bits per heavy atom. The average molecular weight is 1020 g/mol. The fourth-order valence-corrected chi connectivity index (χ4v) is 12.1. The van der Waals surface area contributed by atoms with E-state index in [0.717, 1.165) is 23.1 Å². The zero-order chi connectivity index (χ0) is 52.0. The number of ether oxygens (including phenoxy) is 5. The minimum Gasteiger partial charge on any atom is -0.497 e. The molecular formula is C54H66N7O11P. The molecule has 19 heteroatoms. The first-order chi connectivity index (χ1) is 35.1. The molecule has 0 aliphatic carbocycles. The number of benzene rings is 4. The number of amides is 2. The minimum absolute atomic E-state index is 0.0236. The molecule has 2 saturated heterocycles. The molecule has 2 aromatic heterocycles. The third kappa shape index (κ3) is 11.2. The normalized spacial score (nSPS) is 19.0. The highest BCUT2D eigenvalue weighted by molar-refractivity contribution is 7.51. The van der Waals surface area contributed by atoms with E-state index in [-0.39, 0.29) is 66.6 Å². The van der Waals surface area contributed by atoms with E-state index in [0.29, 0.717) is 35.8 Å². The number of fused-ring (bicyclic) bond motifs is 1. The predicted octanol–water partition coefficient (Wildman–Crippen LogP) is 8.97. The fourth-order valence-electron chi connectivity index (χ4n) is 9.71. The number of rotatable bonds is 21. The van der Waals surface area contributed by atoms with Crippen molar-refractivity contribution < 1.29 is 46.9 Å². The van der Waals surface area contributed by atoms with Gasteiger partial charge in [-0.2, -0.15) is 4.98 Å². The Morgan fingerprint density at radius 1 is 0.822 bits per heavy atom. The first-order valence-electron chi connectivity index (χ1n) is 24.7. The summed E-state index contributed by atoms with van der Waals surface area (Å²) in [6.45, 7) is 11.5. The van der Waals surface area contributed by atoms with Gasteiger partial charge in [0.05, 0.1) is 46.9 Å². The SMILES string of the molecule is COc1ccc(C(=O)N2CCC[C@@H]2COP(=O)(O[C@H]2C[C@H](n3cnc4c(=O)[nH]c(NC(=O)C(C)C)nc43)O[C@@H]2COC(c2ccccc2)(c2ccc(OC)cc2)c2ccc(OC)cc2)N(C(C)C)C(C)C)cc1. The van der Waals surface area contributed by atoms with Crippen molar-refractivity contribution >= 4 is 36.7 Å². The second kappa shape index (κ2) is 22.8. The number of hydrogen-bond donors (Lipinski definition) is 2. The lowest BCUT2D eigenvalue weighted by Gasteiger charge is -2.39. The van der Waals surface area contributed by atoms with Crippen LogP contribution in [0.2, 0.25) is 0 Å². The van der Waals surface area contributed by atoms with Crippen molar-refractivity contribution in [2.45, 2.75) is 103 Å². The number of imidazole rings is 1. The number of hydrogen-bond acceptors (Lipinski definition) is 13. The maximum Gasteiger partial charge on any atom is 0.409 e. The zero-order valence-electron chi connectivity index (χ0n) is 42.9. The van der Waals surface area contributed by atoms with Gasteiger partial charge in [0.25, 0.3) is 11.5 Å². The summed E-state index contributed by atoms with van der Waals surface area (Å²) in [4.78, 5) is 53.6. The molecule has 0 radical (unpaired) electrons. The summed E-state index contributed by atoms with van der Waals surface area (Å²) in [6.07, 6.45) is 0.0851. The molecule has 0 bridgehead atoms. The predicted molar refractivity (Wildman–Crippen MR) is 276 cm³/mol. The van der Waals surface area contributed by atoms with Crippen molar-refractivity contribution in [1.29, 1.82) is 0 Å². The number of nitrogens with one attached hydrogen (secondary N) is 2. The van der Waals surface area contributed by atoms with Crippen LogP contribution in [0.1, 0.15) is 94.1 Å². The highest BCUT2D eigenvalue weighted by Crippen LogP contribution is 2.58. The van der Waals surface area contributed by atoms with Crippen molar-refractivity contribution in [3.63, 3.8) is 0 Å². The lowest BCUT2D eigenvalue weighted by Crippen LogP contribution is -2.42. The van der Waals surface area contributed by atoms with Crippen LogP contribution >= 0.6 is 7.75 Å². The van der Waals surface area contributed by atoms with Crippen molar-refractivity contribution in [2.24, 2.45) is 5.92 Å². The van der Waals surface area contributed by atoms with E-state index in [4.69, 9.17) is 32.7 Å². The van der Waals surface area contributed by atoms with E-state index in [1.54, 1.807) is 73.6 Å². The van der Waals surface area contributed by atoms with Crippen LogP contribution in [0.15, 0.2) is 114 Å². The topological polar surface area (TPSA) is 198 Å². The van der Waals surface area contributed by atoms with E-state index in [2.05, 4.69) is 20.3 Å². The number of anilines is 1. The maximum atomic E-state index is 16.0. The Balaban J connectivity index is 1.20. The zero-order valence-corrected chi connectivity index (χ0v) is 43.7. The molecule has 1 unspecified atom stereocenters. The first-order valence-corrected chi connectivity index (χ1v) is 26.2. The molecule has 0 saturated carbocycles. The summed E-state index contributed by atoms with van der Waals surface area (Å²) in [5, 5.41) is 2.69. The van der Waals surface area contributed by atoms with E-state index >= 15 is 4.57 Å². The summed E-state index contributed by atoms with van der Waals surface area (Å²) < 4.78 is 63.9. The highest BCUT2D eigenvalue weighted by Gasteiger charge is 2.49. The van der Waals surface area contributed by atoms with E-state index < -0.39 is 43.4 Å². The van der Waals surface area contributed by atoms with Gasteiger partial charge < -0.3 is 28.6 Å². The van der Waals surface area contributed by atoms with Crippen molar-refractivity contribution in [2.75, 3.05) is 46.4 Å². The van der Waals surface area contributed by atoms with E-state index in [9.17, 15) is 14.4 Å². The van der Waals surface area contributed by atoms with Gasteiger partial charge in [-0.3, -0.25) is 38.3 Å². The van der Waals surface area contributed by atoms with Crippen LogP contribution in [0.25, 0.3) is 11.2 Å². The standard InChI is InChI=1S/C54H66N7O11P/c1-34(2)50(62)57-53-56-49-48(51(63)58-53)55-33-60(49)47-30-45(72-73(65,61(35(3)4)36(5)6)70-31-41-16-13-29-59(41)52(64)37-17-23-42(66-7)24-18-37)46(71-47)32-69-54(38-14-11-10-12-15-38,39-19-25-43(67-8)26-20-39)40-21-27-44(68-9)28-22-40/h10-12,14-15,17-28,33-36,41,45-47H,13,16,29-32H2,1-9H3,(H2,56,57,58,62,63)/t41-,45+,46-,47-,73?/m1/s1. The van der Waals surface area contributed by atoms with Gasteiger partial charge in [0.15, 0.2) is 11.2 Å². The summed E-state index contributed by atoms with van der Waals surface area (Å²) in [5.74, 6) is 1.01. The lowest BCUT2D eigenvalue weighted by molar-refractivity contribution is -0.118. The van der Waals surface area contributed by atoms with E-state index in [1.807, 2.05) is 107 Å². The molecule has 4 heterocycles. The Labute approximate surface area is 425 Å². The first kappa shape index (κ1) is 52.9. The Hall–Kier alpha value is -6.40. The third-order valence-corrected chi connectivity index (χ3v) is 15.8. The maximum absolute atomic E-state index is 16.0. The molecule has 73 heavy (non-hydrogen) atoms. The summed E-state index contributed by atoms with van der Waals surface area (Å²) in [7, 11) is 0.497. The van der Waals surface area contributed by atoms with Gasteiger partial charge in [0.1, 0.15) is 41.3 Å². The van der Waals surface area contributed by atoms with Gasteiger partial charge in [0.2, 0.25) is 11.9 Å². The molecule has 8 rings (SSSR count). The second-order valence-corrected chi connectivity index (χ2v) is 20.9. The molecule has 2 amide bonds. The number of carbonyl (C=O) groups excluding carboxylic acids is 2. The quantitative estimate of drug-likeness (QED) is 0.0512. The van der Waals surface area contributed by atoms with Gasteiger partial charge in [-0.05, 0) is 106 Å². The Kier molecular flexibility index (Phi) is 16.5. The van der Waals surface area contributed by atoms with Gasteiger partial charge in [-0.25, -0.2) is 14.2 Å². The molecular weight excluding hydrogens is 954 g/mol. The van der Waals surface area contributed by atoms with Gasteiger partial charge in [0, 0.05) is 36.5 Å². The molecule has 2 aliphatic rings. The van der Waals surface area contributed by atoms with Crippen molar-refractivity contribution in [3.05, 3.63) is 142 Å². The Morgan fingerprint density at radius 2 is 1.40 bits per heavy atom. The highest BCUT2D eigenvalue weighted by atomic mass is 31.2. The number of likely N-dealkylation sites (tertiary alicyclic amines) is 1. The molecule has 5 atom stereocenters. The van der Waals surface area contributed by atoms with Crippen molar-refractivity contribution in [3.8, 4) is 17.2 Å². The number of H-pyrrole nitrogens is 1. The molecule has 18 nitrogen and oxygen atoms in total. The van der Waals surface area contributed by atoms with Crippen LogP contribution < -0.4 is 25.1 Å². The van der Waals surface area contributed by atoms with Gasteiger partial charge in [-0.15, -0.1) is 0 Å². The Bertz CT molecular complexity index is 2870. The van der Waals surface area contributed by atoms with Gasteiger partial charge in [-0.1, -0.05) is 68.4 Å². The van der Waals surface area contributed by atoms with Crippen molar-refractivity contribution in [1.82, 2.24) is 29.1 Å². The number of carbonyl (C=O) groups is 2. The van der Waals surface area contributed by atoms with Crippen LogP contribution in [0, 0.1) is 5.92 Å². The van der Waals surface area contributed by atoms with Crippen LogP contribution in [-0.4, -0.2) is 112 Å². The molecule has 6 aromatic rings. The van der Waals surface area contributed by atoms with Crippen LogP contribution in [0.5, 0.6) is 17.2 Å². The smallest absolute Gasteiger partial charge is 0.409 e. The van der Waals surface area contributed by atoms with Crippen LogP contribution in [-0.2, 0) is 33.5 Å². The summed E-state index contributed by atoms with van der Waals surface area (Å²) in [5.41, 5.74) is 1.21. The molecule has 4 aromatic carbocycles. The number of aromatic amines is 1. The monoisotopic (exact) mass is 1020 g/mol. The second-order valence-electron chi connectivity index (χ2n) is 19.1. The van der Waals surface area contributed by atoms with E-state index in [1.165, 1.54) is 6.33 Å². The largest absolute Gasteiger partial charge is 0.497 e. The number of methoxy groups -OCH3 is 3. The molecule has 2 aliphatic heterocycles. The fraction of sp³-hybridized carbons (Fsp3) is 0.426. The molecule has 0 spiro atoms. The van der Waals surface area contributed by atoms with Crippen LogP contribution in [0.4, 0.5) is 5.95 Å². The lowest BCUT2D eigenvalue weighted by atomic mass is 9.80. The number of aromatic nitrogens is 4. The minimum atomic E-state index is -4.30. The van der Waals surface area contributed by atoms with Crippen LogP contribution in [0.3, 0.4) is 0 Å². The molecule has 2 fully saturated rings. The molecule has 2 N–H and O–H groups in total. The third-order valence-electron chi connectivity index (χ3n) is 13.3. The number of nitrogens with zero attached hydrogens (tertiary/aromatic N) is 5. The van der Waals surface area contributed by atoms with Gasteiger partial charge >= 0.3 is 7.75 Å².